The van der Waals surface area contributed by atoms with Crippen LogP contribution in [0.4, 0.5) is 0 Å². The zero-order valence-corrected chi connectivity index (χ0v) is 14.3. The molecule has 0 saturated carbocycles. The Morgan fingerprint density at radius 2 is 1.88 bits per heavy atom. The highest BCUT2D eigenvalue weighted by atomic mass is 16.4. The van der Waals surface area contributed by atoms with E-state index in [9.17, 15) is 14.4 Å². The number of benzene rings is 1. The summed E-state index contributed by atoms with van der Waals surface area (Å²) >= 11 is 0. The molecule has 7 heteroatoms. The third kappa shape index (κ3) is 3.52. The molecule has 2 atom stereocenters. The van der Waals surface area contributed by atoms with Crippen molar-refractivity contribution >= 4 is 28.6 Å². The number of ketones is 1. The van der Waals surface area contributed by atoms with E-state index in [4.69, 9.17) is 10.2 Å². The maximum Gasteiger partial charge on any atom is 0.328 e. The van der Waals surface area contributed by atoms with Gasteiger partial charge >= 0.3 is 11.9 Å². The van der Waals surface area contributed by atoms with E-state index in [1.54, 1.807) is 0 Å². The monoisotopic (exact) mass is 356 g/mol. The molecule has 0 bridgehead atoms. The van der Waals surface area contributed by atoms with E-state index in [1.807, 2.05) is 0 Å². The normalized spacial score (nSPS) is 22.0. The fraction of sp³-hybridized carbons (Fsp3) is 0.316. The van der Waals surface area contributed by atoms with Gasteiger partial charge in [-0.05, 0) is 30.7 Å². The van der Waals surface area contributed by atoms with Crippen LogP contribution in [-0.4, -0.2) is 57.5 Å². The number of carboxylic acids is 2. The number of nitrogens with zero attached hydrogens (tertiary/aromatic N) is 1. The molecule has 1 unspecified atom stereocenters. The van der Waals surface area contributed by atoms with Crippen LogP contribution in [0.25, 0.3) is 10.9 Å². The molecule has 1 fully saturated rings. The number of hydrogen-bond acceptors (Lipinski definition) is 4. The highest BCUT2D eigenvalue weighted by Gasteiger charge is 2.38. The van der Waals surface area contributed by atoms with Crippen molar-refractivity contribution in [2.45, 2.75) is 24.8 Å². The number of hydrogen-bond donors (Lipinski definition) is 3. The van der Waals surface area contributed by atoms with E-state index >= 15 is 0 Å². The standard InChI is InChI=1S/C15H16N2O.C4H4O4/c1-17-8-10(18)6-12-11-3-2-4-13-15(11)9(7-16-13)5-14(12)17;5-3(6)1-2-4(7)8/h2-4,7,12,14,16H,5-6,8H2,1H3;1-2H,(H,5,6)(H,7,8)/b;2-1-/t12?,14-;/m1./s1. The Morgan fingerprint density at radius 1 is 1.19 bits per heavy atom. The van der Waals surface area contributed by atoms with Crippen molar-refractivity contribution in [3.05, 3.63) is 47.7 Å². The van der Waals surface area contributed by atoms with Crippen LogP contribution >= 0.6 is 0 Å². The molecule has 4 rings (SSSR count). The van der Waals surface area contributed by atoms with Crippen molar-refractivity contribution in [1.82, 2.24) is 9.88 Å². The van der Waals surface area contributed by atoms with E-state index in [2.05, 4.69) is 41.3 Å². The number of carbonyl (C=O) groups is 3. The minimum Gasteiger partial charge on any atom is -0.478 e. The van der Waals surface area contributed by atoms with Crippen molar-refractivity contribution < 1.29 is 24.6 Å². The average Bonchev–Trinajstić information content (AvgIpc) is 2.99. The number of Topliss-reactive ketones (excluding diaryl/α,β-unsaturated/α-hetero) is 1. The second-order valence-electron chi connectivity index (χ2n) is 6.63. The fourth-order valence-electron chi connectivity index (χ4n) is 3.89. The first-order valence-electron chi connectivity index (χ1n) is 8.31. The maximum atomic E-state index is 11.8. The summed E-state index contributed by atoms with van der Waals surface area (Å²) in [6.07, 6.45) is 5.02. The summed E-state index contributed by atoms with van der Waals surface area (Å²) in [5.74, 6) is -1.77. The fourth-order valence-corrected chi connectivity index (χ4v) is 3.89. The lowest BCUT2D eigenvalue weighted by Crippen LogP contribution is -2.48. The molecular formula is C19H20N2O5. The highest BCUT2D eigenvalue weighted by molar-refractivity contribution is 5.91. The molecule has 1 aliphatic heterocycles. The summed E-state index contributed by atoms with van der Waals surface area (Å²) in [5, 5.41) is 17.0. The summed E-state index contributed by atoms with van der Waals surface area (Å²) in [6, 6.07) is 6.90. The molecule has 0 radical (unpaired) electrons. The quantitative estimate of drug-likeness (QED) is 0.708. The predicted octanol–water partition coefficient (Wildman–Crippen LogP) is 1.79. The van der Waals surface area contributed by atoms with Gasteiger partial charge in [-0.25, -0.2) is 9.59 Å². The van der Waals surface area contributed by atoms with Crippen LogP contribution in [0.2, 0.25) is 0 Å². The van der Waals surface area contributed by atoms with Crippen molar-refractivity contribution in [2.75, 3.05) is 13.6 Å². The molecule has 0 amide bonds. The lowest BCUT2D eigenvalue weighted by Gasteiger charge is -2.41. The van der Waals surface area contributed by atoms with Crippen molar-refractivity contribution in [3.63, 3.8) is 0 Å². The lowest BCUT2D eigenvalue weighted by atomic mass is 9.75. The SMILES string of the molecule is CN1CC(=O)CC2c3cccc4[nH]cc(c34)C[C@H]21.O=C(O)/C=C\C(=O)O. The van der Waals surface area contributed by atoms with Gasteiger partial charge in [0.25, 0.3) is 0 Å². The molecule has 7 nitrogen and oxygen atoms in total. The number of H-pyrrole nitrogens is 1. The predicted molar refractivity (Wildman–Crippen MR) is 95.2 cm³/mol. The zero-order valence-electron chi connectivity index (χ0n) is 14.3. The minimum absolute atomic E-state index is 0.370. The average molecular weight is 356 g/mol. The Morgan fingerprint density at radius 3 is 2.54 bits per heavy atom. The van der Waals surface area contributed by atoms with Crippen LogP contribution in [0.15, 0.2) is 36.5 Å². The molecule has 1 aliphatic carbocycles. The number of carboxylic acid groups (broad SMARTS) is 2. The molecule has 2 aromatic rings. The number of likely N-dealkylation sites (tertiary alicyclic amines) is 1. The van der Waals surface area contributed by atoms with Gasteiger partial charge in [0.2, 0.25) is 0 Å². The molecule has 2 heterocycles. The number of aliphatic carboxylic acids is 2. The Balaban J connectivity index is 0.000000211. The molecule has 3 N–H and O–H groups in total. The Hall–Kier alpha value is -2.93. The summed E-state index contributed by atoms with van der Waals surface area (Å²) in [5.41, 5.74) is 3.98. The second-order valence-corrected chi connectivity index (χ2v) is 6.63. The van der Waals surface area contributed by atoms with Crippen molar-refractivity contribution in [1.29, 1.82) is 0 Å². The Labute approximate surface area is 149 Å². The highest BCUT2D eigenvalue weighted by Crippen LogP contribution is 2.41. The Kier molecular flexibility index (Phi) is 4.90. The smallest absolute Gasteiger partial charge is 0.328 e. The largest absolute Gasteiger partial charge is 0.478 e. The number of fused-ring (bicyclic) bond motifs is 2. The number of aromatic nitrogens is 1. The minimum atomic E-state index is -1.26. The summed E-state index contributed by atoms with van der Waals surface area (Å²) in [6.45, 7) is 0.608. The van der Waals surface area contributed by atoms with Gasteiger partial charge in [-0.1, -0.05) is 12.1 Å². The van der Waals surface area contributed by atoms with E-state index in [1.165, 1.54) is 22.0 Å². The molecule has 1 aromatic carbocycles. The molecule has 2 aliphatic rings. The summed E-state index contributed by atoms with van der Waals surface area (Å²) < 4.78 is 0. The van der Waals surface area contributed by atoms with Crippen LogP contribution in [0, 0.1) is 0 Å². The third-order valence-corrected chi connectivity index (χ3v) is 4.92. The molecule has 26 heavy (non-hydrogen) atoms. The van der Waals surface area contributed by atoms with Gasteiger partial charge < -0.3 is 15.2 Å². The molecule has 136 valence electrons. The van der Waals surface area contributed by atoms with E-state index in [-0.39, 0.29) is 0 Å². The van der Waals surface area contributed by atoms with Gasteiger partial charge in [0.05, 0.1) is 6.54 Å². The number of piperidine rings is 1. The number of likely N-dealkylation sites (N-methyl/N-ethyl adjacent to an activating group) is 1. The molecular weight excluding hydrogens is 336 g/mol. The van der Waals surface area contributed by atoms with E-state index in [0.29, 0.717) is 42.9 Å². The van der Waals surface area contributed by atoms with Gasteiger partial charge in [-0.3, -0.25) is 9.69 Å². The zero-order chi connectivity index (χ0) is 18.8. The van der Waals surface area contributed by atoms with Crippen LogP contribution in [0.3, 0.4) is 0 Å². The van der Waals surface area contributed by atoms with Gasteiger partial charge in [0.15, 0.2) is 0 Å². The van der Waals surface area contributed by atoms with Gasteiger partial charge in [-0.2, -0.15) is 0 Å². The second kappa shape index (κ2) is 7.13. The molecule has 1 aromatic heterocycles. The van der Waals surface area contributed by atoms with Gasteiger partial charge in [-0.15, -0.1) is 0 Å². The first kappa shape index (κ1) is 17.9. The van der Waals surface area contributed by atoms with Crippen molar-refractivity contribution in [3.8, 4) is 0 Å². The molecule has 1 saturated heterocycles. The Bertz CT molecular complexity index is 882. The number of nitrogens with one attached hydrogen (secondary N) is 1. The van der Waals surface area contributed by atoms with E-state index in [0.717, 1.165) is 6.42 Å². The number of aromatic amines is 1. The van der Waals surface area contributed by atoms with Gasteiger partial charge in [0.1, 0.15) is 5.78 Å². The maximum absolute atomic E-state index is 11.8. The van der Waals surface area contributed by atoms with Crippen LogP contribution < -0.4 is 0 Å². The number of carbonyl (C=O) groups excluding carboxylic acids is 1. The van der Waals surface area contributed by atoms with E-state index < -0.39 is 11.9 Å². The van der Waals surface area contributed by atoms with Crippen LogP contribution in [0.5, 0.6) is 0 Å². The van der Waals surface area contributed by atoms with Gasteiger partial charge in [0, 0.05) is 47.6 Å². The first-order valence-corrected chi connectivity index (χ1v) is 8.31. The summed E-state index contributed by atoms with van der Waals surface area (Å²) in [7, 11) is 2.08. The first-order chi connectivity index (χ1) is 12.4. The third-order valence-electron chi connectivity index (χ3n) is 4.92. The number of rotatable bonds is 2. The molecule has 0 spiro atoms. The lowest BCUT2D eigenvalue weighted by molar-refractivity contribution is -0.134. The van der Waals surface area contributed by atoms with Crippen molar-refractivity contribution in [2.24, 2.45) is 0 Å². The topological polar surface area (TPSA) is 111 Å². The van der Waals surface area contributed by atoms with Crippen LogP contribution in [0.1, 0.15) is 23.5 Å². The van der Waals surface area contributed by atoms with Crippen LogP contribution in [-0.2, 0) is 20.8 Å². The summed E-state index contributed by atoms with van der Waals surface area (Å²) in [4.78, 5) is 36.5.